The third-order valence-corrected chi connectivity index (χ3v) is 6.50. The van der Waals surface area contributed by atoms with Crippen LogP contribution in [0.3, 0.4) is 0 Å². The summed E-state index contributed by atoms with van der Waals surface area (Å²) in [5.41, 5.74) is 3.64. The van der Waals surface area contributed by atoms with Crippen molar-refractivity contribution in [3.05, 3.63) is 103 Å². The third-order valence-electron chi connectivity index (χ3n) is 5.68. The van der Waals surface area contributed by atoms with E-state index in [1.165, 1.54) is 11.8 Å². The Morgan fingerprint density at radius 2 is 1.47 bits per heavy atom. The van der Waals surface area contributed by atoms with Crippen LogP contribution < -0.4 is 4.90 Å². The Morgan fingerprint density at radius 1 is 0.824 bits per heavy atom. The third kappa shape index (κ3) is 4.47. The molecular formula is C29H24N2O2S. The van der Waals surface area contributed by atoms with Gasteiger partial charge in [-0.25, -0.2) is 4.98 Å². The van der Waals surface area contributed by atoms with E-state index in [9.17, 15) is 4.79 Å². The quantitative estimate of drug-likeness (QED) is 0.237. The summed E-state index contributed by atoms with van der Waals surface area (Å²) in [6.45, 7) is 2.58. The highest BCUT2D eigenvalue weighted by atomic mass is 32.2. The van der Waals surface area contributed by atoms with Gasteiger partial charge in [-0.3, -0.25) is 4.79 Å². The first kappa shape index (κ1) is 22.0. The SMILES string of the molecule is CCN(C(=O)CSc1nc(-c2ccccc2)c(-c2ccccc2)o1)c1cccc2ccccc12. The number of hydrogen-bond acceptors (Lipinski definition) is 4. The predicted octanol–water partition coefficient (Wildman–Crippen LogP) is 7.31. The van der Waals surface area contributed by atoms with E-state index in [0.29, 0.717) is 17.5 Å². The Kier molecular flexibility index (Phi) is 6.45. The number of thioether (sulfide) groups is 1. The molecule has 0 aliphatic heterocycles. The Morgan fingerprint density at radius 3 is 2.21 bits per heavy atom. The molecule has 1 amide bonds. The molecule has 168 valence electrons. The lowest BCUT2D eigenvalue weighted by Crippen LogP contribution is -2.32. The van der Waals surface area contributed by atoms with Crippen LogP contribution in [0.15, 0.2) is 113 Å². The van der Waals surface area contributed by atoms with Gasteiger partial charge in [0.25, 0.3) is 5.22 Å². The van der Waals surface area contributed by atoms with Crippen molar-refractivity contribution in [3.63, 3.8) is 0 Å². The molecule has 34 heavy (non-hydrogen) atoms. The molecule has 1 aromatic heterocycles. The van der Waals surface area contributed by atoms with Gasteiger partial charge in [-0.05, 0) is 18.4 Å². The summed E-state index contributed by atoms with van der Waals surface area (Å²) in [6.07, 6.45) is 0. The molecule has 5 heteroatoms. The number of oxazole rings is 1. The normalized spacial score (nSPS) is 11.0. The highest BCUT2D eigenvalue weighted by Crippen LogP contribution is 2.36. The fourth-order valence-corrected chi connectivity index (χ4v) is 4.77. The zero-order valence-electron chi connectivity index (χ0n) is 18.8. The second-order valence-corrected chi connectivity index (χ2v) is 8.74. The molecule has 0 aliphatic rings. The van der Waals surface area contributed by atoms with Gasteiger partial charge in [0.05, 0.1) is 11.4 Å². The summed E-state index contributed by atoms with van der Waals surface area (Å²) in [7, 11) is 0. The summed E-state index contributed by atoms with van der Waals surface area (Å²) < 4.78 is 6.18. The number of amides is 1. The molecular weight excluding hydrogens is 440 g/mol. The van der Waals surface area contributed by atoms with Crippen molar-refractivity contribution in [2.75, 3.05) is 17.2 Å². The summed E-state index contributed by atoms with van der Waals surface area (Å²) in [5, 5.41) is 2.67. The summed E-state index contributed by atoms with van der Waals surface area (Å²) in [6, 6.07) is 34.1. The van der Waals surface area contributed by atoms with E-state index in [4.69, 9.17) is 9.40 Å². The van der Waals surface area contributed by atoms with Gasteiger partial charge in [-0.2, -0.15) is 0 Å². The lowest BCUT2D eigenvalue weighted by Gasteiger charge is -2.22. The molecule has 5 rings (SSSR count). The Labute approximate surface area is 203 Å². The largest absolute Gasteiger partial charge is 0.431 e. The molecule has 0 unspecified atom stereocenters. The van der Waals surface area contributed by atoms with Gasteiger partial charge in [-0.15, -0.1) is 0 Å². The first-order valence-electron chi connectivity index (χ1n) is 11.3. The fourth-order valence-electron chi connectivity index (χ4n) is 4.07. The van der Waals surface area contributed by atoms with Crippen molar-refractivity contribution < 1.29 is 9.21 Å². The topological polar surface area (TPSA) is 46.3 Å². The van der Waals surface area contributed by atoms with E-state index >= 15 is 0 Å². The second-order valence-electron chi connectivity index (χ2n) is 7.81. The zero-order chi connectivity index (χ0) is 23.3. The maximum absolute atomic E-state index is 13.3. The van der Waals surface area contributed by atoms with E-state index in [1.54, 1.807) is 0 Å². The van der Waals surface area contributed by atoms with Gasteiger partial charge >= 0.3 is 0 Å². The number of anilines is 1. The average molecular weight is 465 g/mol. The number of fused-ring (bicyclic) bond motifs is 1. The number of hydrogen-bond donors (Lipinski definition) is 0. The van der Waals surface area contributed by atoms with E-state index in [1.807, 2.05) is 96.8 Å². The van der Waals surface area contributed by atoms with Crippen LogP contribution in [0, 0.1) is 0 Å². The van der Waals surface area contributed by atoms with Crippen LogP contribution in [-0.4, -0.2) is 23.2 Å². The molecule has 0 saturated carbocycles. The molecule has 0 atom stereocenters. The fraction of sp³-hybridized carbons (Fsp3) is 0.103. The first-order chi connectivity index (χ1) is 16.7. The van der Waals surface area contributed by atoms with Crippen molar-refractivity contribution in [2.24, 2.45) is 0 Å². The molecule has 0 spiro atoms. The van der Waals surface area contributed by atoms with Crippen molar-refractivity contribution in [1.29, 1.82) is 0 Å². The summed E-state index contributed by atoms with van der Waals surface area (Å²) >= 11 is 1.33. The Balaban J connectivity index is 1.41. The zero-order valence-corrected chi connectivity index (χ0v) is 19.7. The molecule has 0 bridgehead atoms. The maximum Gasteiger partial charge on any atom is 0.257 e. The van der Waals surface area contributed by atoms with E-state index in [2.05, 4.69) is 18.2 Å². The van der Waals surface area contributed by atoms with Crippen LogP contribution in [-0.2, 0) is 4.79 Å². The molecule has 4 aromatic carbocycles. The number of aromatic nitrogens is 1. The van der Waals surface area contributed by atoms with Crippen LogP contribution in [0.5, 0.6) is 0 Å². The lowest BCUT2D eigenvalue weighted by molar-refractivity contribution is -0.116. The van der Waals surface area contributed by atoms with E-state index in [-0.39, 0.29) is 11.7 Å². The van der Waals surface area contributed by atoms with Crippen molar-refractivity contribution in [3.8, 4) is 22.6 Å². The number of carbonyl (C=O) groups excluding carboxylic acids is 1. The van der Waals surface area contributed by atoms with Gasteiger partial charge in [-0.1, -0.05) is 109 Å². The molecule has 0 aliphatic carbocycles. The van der Waals surface area contributed by atoms with E-state index < -0.39 is 0 Å². The first-order valence-corrected chi connectivity index (χ1v) is 12.3. The molecule has 1 heterocycles. The lowest BCUT2D eigenvalue weighted by atomic mass is 10.1. The second kappa shape index (κ2) is 9.98. The molecule has 0 fully saturated rings. The van der Waals surface area contributed by atoms with Gasteiger partial charge < -0.3 is 9.32 Å². The number of benzene rings is 4. The molecule has 0 N–H and O–H groups in total. The van der Waals surface area contributed by atoms with Crippen LogP contribution in [0.4, 0.5) is 5.69 Å². The standard InChI is InChI=1S/C29H24N2O2S/c1-2-31(25-19-11-17-21-12-9-10-18-24(21)25)26(32)20-34-29-30-27(22-13-5-3-6-14-22)28(33-29)23-15-7-4-8-16-23/h3-19H,2,20H2,1H3. The molecule has 0 radical (unpaired) electrons. The van der Waals surface area contributed by atoms with Crippen LogP contribution in [0.25, 0.3) is 33.4 Å². The van der Waals surface area contributed by atoms with Gasteiger partial charge in [0, 0.05) is 23.1 Å². The molecule has 5 aromatic rings. The predicted molar refractivity (Wildman–Crippen MR) is 140 cm³/mol. The molecule has 4 nitrogen and oxygen atoms in total. The highest BCUT2D eigenvalue weighted by Gasteiger charge is 2.20. The smallest absolute Gasteiger partial charge is 0.257 e. The van der Waals surface area contributed by atoms with E-state index in [0.717, 1.165) is 33.3 Å². The maximum atomic E-state index is 13.3. The minimum atomic E-state index is 0.0181. The Bertz CT molecular complexity index is 1350. The highest BCUT2D eigenvalue weighted by molar-refractivity contribution is 7.99. The number of nitrogens with zero attached hydrogens (tertiary/aromatic N) is 2. The van der Waals surface area contributed by atoms with Crippen molar-refractivity contribution >= 4 is 34.1 Å². The molecule has 0 saturated heterocycles. The van der Waals surface area contributed by atoms with Gasteiger partial charge in [0.1, 0.15) is 5.69 Å². The number of carbonyl (C=O) groups is 1. The van der Waals surface area contributed by atoms with Crippen molar-refractivity contribution in [2.45, 2.75) is 12.1 Å². The average Bonchev–Trinajstić information content (AvgIpc) is 3.33. The minimum absolute atomic E-state index is 0.0181. The van der Waals surface area contributed by atoms with Gasteiger partial charge in [0.15, 0.2) is 5.76 Å². The summed E-state index contributed by atoms with van der Waals surface area (Å²) in [5.74, 6) is 0.966. The summed E-state index contributed by atoms with van der Waals surface area (Å²) in [4.78, 5) is 19.8. The van der Waals surface area contributed by atoms with Gasteiger partial charge in [0.2, 0.25) is 5.91 Å². The van der Waals surface area contributed by atoms with Crippen LogP contribution in [0.2, 0.25) is 0 Å². The van der Waals surface area contributed by atoms with Crippen molar-refractivity contribution in [1.82, 2.24) is 4.98 Å². The van der Waals surface area contributed by atoms with Crippen LogP contribution in [0.1, 0.15) is 6.92 Å². The minimum Gasteiger partial charge on any atom is -0.431 e. The van der Waals surface area contributed by atoms with Crippen LogP contribution >= 0.6 is 11.8 Å². The monoisotopic (exact) mass is 464 g/mol. The Hall–Kier alpha value is -3.83. The number of rotatable bonds is 7.